The molecule has 2 aliphatic heterocycles. The fraction of sp³-hybridized carbons (Fsp3) is 0.200. The lowest BCUT2D eigenvalue weighted by molar-refractivity contribution is -0.119. The average molecular weight is 398 g/mol. The predicted molar refractivity (Wildman–Crippen MR) is 115 cm³/mol. The first-order chi connectivity index (χ1) is 14.7. The Morgan fingerprint density at radius 1 is 0.967 bits per heavy atom. The van der Waals surface area contributed by atoms with E-state index in [9.17, 15) is 9.59 Å². The maximum absolute atomic E-state index is 13.7. The van der Waals surface area contributed by atoms with Gasteiger partial charge in [0.1, 0.15) is 5.75 Å². The molecule has 30 heavy (non-hydrogen) atoms. The van der Waals surface area contributed by atoms with Gasteiger partial charge in [-0.2, -0.15) is 0 Å². The molecule has 0 bridgehead atoms. The second-order valence-corrected chi connectivity index (χ2v) is 7.65. The Hall–Kier alpha value is -3.60. The third-order valence-corrected chi connectivity index (χ3v) is 6.08. The molecule has 0 saturated carbocycles. The Balaban J connectivity index is 1.63. The van der Waals surface area contributed by atoms with Crippen LogP contribution >= 0.6 is 0 Å². The minimum Gasteiger partial charge on any atom is -0.495 e. The molecule has 2 heterocycles. The van der Waals surface area contributed by atoms with Crippen molar-refractivity contribution in [3.05, 3.63) is 95.1 Å². The van der Waals surface area contributed by atoms with Crippen molar-refractivity contribution < 1.29 is 14.3 Å². The van der Waals surface area contributed by atoms with E-state index in [2.05, 4.69) is 11.4 Å². The molecule has 3 aromatic carbocycles. The lowest BCUT2D eigenvalue weighted by Gasteiger charge is -2.45. The van der Waals surface area contributed by atoms with E-state index in [-0.39, 0.29) is 17.9 Å². The Morgan fingerprint density at radius 3 is 2.50 bits per heavy atom. The van der Waals surface area contributed by atoms with E-state index >= 15 is 0 Å². The smallest absolute Gasteiger partial charge is 0.254 e. The van der Waals surface area contributed by atoms with Crippen LogP contribution in [0.1, 0.15) is 39.0 Å². The van der Waals surface area contributed by atoms with Gasteiger partial charge in [-0.1, -0.05) is 54.6 Å². The van der Waals surface area contributed by atoms with Crippen LogP contribution in [-0.2, 0) is 11.2 Å². The van der Waals surface area contributed by atoms with Crippen LogP contribution in [0.3, 0.4) is 0 Å². The van der Waals surface area contributed by atoms with E-state index in [1.807, 2.05) is 71.6 Å². The number of ether oxygens (including phenoxy) is 1. The molecule has 1 N–H and O–H groups in total. The zero-order chi connectivity index (χ0) is 20.7. The monoisotopic (exact) mass is 398 g/mol. The molecule has 2 atom stereocenters. The van der Waals surface area contributed by atoms with Gasteiger partial charge in [0, 0.05) is 12.1 Å². The molecule has 5 rings (SSSR count). The summed E-state index contributed by atoms with van der Waals surface area (Å²) in [5.74, 6) is -0.0604. The zero-order valence-electron chi connectivity index (χ0n) is 16.7. The van der Waals surface area contributed by atoms with Crippen molar-refractivity contribution in [1.82, 2.24) is 4.90 Å². The second-order valence-electron chi connectivity index (χ2n) is 7.65. The minimum atomic E-state index is -0.509. The van der Waals surface area contributed by atoms with Gasteiger partial charge in [0.25, 0.3) is 5.91 Å². The SMILES string of the molecule is COc1ccccc1NC(=O)[C@H]1c2ccccc2C(=O)N2CCc3ccccc3[C@H]12. The first-order valence-electron chi connectivity index (χ1n) is 10.1. The molecule has 2 amide bonds. The maximum atomic E-state index is 13.7. The van der Waals surface area contributed by atoms with Crippen molar-refractivity contribution in [2.75, 3.05) is 19.0 Å². The molecule has 0 aromatic heterocycles. The number of carbonyl (C=O) groups excluding carboxylic acids is 2. The highest BCUT2D eigenvalue weighted by molar-refractivity contribution is 6.05. The summed E-state index contributed by atoms with van der Waals surface area (Å²) in [5, 5.41) is 3.05. The van der Waals surface area contributed by atoms with Crippen molar-refractivity contribution in [2.24, 2.45) is 0 Å². The number of para-hydroxylation sites is 2. The summed E-state index contributed by atoms with van der Waals surface area (Å²) in [5.41, 5.74) is 4.24. The van der Waals surface area contributed by atoms with E-state index in [1.54, 1.807) is 7.11 Å². The zero-order valence-corrected chi connectivity index (χ0v) is 16.7. The summed E-state index contributed by atoms with van der Waals surface area (Å²) in [7, 11) is 1.58. The van der Waals surface area contributed by atoms with Crippen molar-refractivity contribution >= 4 is 17.5 Å². The van der Waals surface area contributed by atoms with Crippen LogP contribution < -0.4 is 10.1 Å². The Kier molecular flexibility index (Phi) is 4.51. The van der Waals surface area contributed by atoms with Crippen LogP contribution in [0.5, 0.6) is 5.75 Å². The first kappa shape index (κ1) is 18.4. The van der Waals surface area contributed by atoms with Gasteiger partial charge in [-0.3, -0.25) is 9.59 Å². The number of hydrogen-bond acceptors (Lipinski definition) is 3. The molecule has 3 aromatic rings. The van der Waals surface area contributed by atoms with Crippen molar-refractivity contribution in [3.63, 3.8) is 0 Å². The number of amides is 2. The summed E-state index contributed by atoms with van der Waals surface area (Å²) >= 11 is 0. The molecule has 0 radical (unpaired) electrons. The molecular weight excluding hydrogens is 376 g/mol. The Labute approximate surface area is 175 Å². The Morgan fingerprint density at radius 2 is 1.67 bits per heavy atom. The number of benzene rings is 3. The number of hydrogen-bond donors (Lipinski definition) is 1. The normalized spacial score (nSPS) is 19.4. The highest BCUT2D eigenvalue weighted by atomic mass is 16.5. The predicted octanol–water partition coefficient (Wildman–Crippen LogP) is 4.17. The van der Waals surface area contributed by atoms with Gasteiger partial charge in [-0.25, -0.2) is 0 Å². The third-order valence-electron chi connectivity index (χ3n) is 6.08. The van der Waals surface area contributed by atoms with Gasteiger partial charge in [0.05, 0.1) is 24.8 Å². The van der Waals surface area contributed by atoms with Crippen LogP contribution in [0, 0.1) is 0 Å². The molecule has 0 unspecified atom stereocenters. The van der Waals surface area contributed by atoms with Gasteiger partial charge in [0.15, 0.2) is 0 Å². The first-order valence-corrected chi connectivity index (χ1v) is 10.1. The van der Waals surface area contributed by atoms with Gasteiger partial charge >= 0.3 is 0 Å². The lowest BCUT2D eigenvalue weighted by Crippen LogP contribution is -2.49. The number of fused-ring (bicyclic) bond motifs is 4. The van der Waals surface area contributed by atoms with Gasteiger partial charge in [-0.15, -0.1) is 0 Å². The average Bonchev–Trinajstić information content (AvgIpc) is 2.79. The standard InChI is InChI=1S/C25H22N2O3/c1-30-21-13-7-6-12-20(21)26-24(28)22-18-10-4-5-11-19(18)25(29)27-15-14-16-8-2-3-9-17(16)23(22)27/h2-13,22-23H,14-15H2,1H3,(H,26,28)/t22-,23+/m0/s1. The molecule has 0 saturated heterocycles. The molecule has 0 aliphatic carbocycles. The molecular formula is C25H22N2O3. The van der Waals surface area contributed by atoms with E-state index in [4.69, 9.17) is 4.74 Å². The van der Waals surface area contributed by atoms with Crippen LogP contribution in [0.15, 0.2) is 72.8 Å². The number of carbonyl (C=O) groups is 2. The van der Waals surface area contributed by atoms with Crippen LogP contribution in [0.4, 0.5) is 5.69 Å². The van der Waals surface area contributed by atoms with Crippen LogP contribution in [-0.4, -0.2) is 30.4 Å². The van der Waals surface area contributed by atoms with Gasteiger partial charge in [0.2, 0.25) is 5.91 Å². The summed E-state index contributed by atoms with van der Waals surface area (Å²) in [6, 6.07) is 22.6. The number of nitrogens with one attached hydrogen (secondary N) is 1. The largest absolute Gasteiger partial charge is 0.495 e. The van der Waals surface area contributed by atoms with Crippen LogP contribution in [0.2, 0.25) is 0 Å². The molecule has 5 heteroatoms. The number of nitrogens with zero attached hydrogens (tertiary/aromatic N) is 1. The van der Waals surface area contributed by atoms with Crippen molar-refractivity contribution in [1.29, 1.82) is 0 Å². The van der Waals surface area contributed by atoms with Crippen molar-refractivity contribution in [2.45, 2.75) is 18.4 Å². The van der Waals surface area contributed by atoms with E-state index in [1.165, 1.54) is 5.56 Å². The summed E-state index contributed by atoms with van der Waals surface area (Å²) in [6.07, 6.45) is 0.793. The van der Waals surface area contributed by atoms with Crippen LogP contribution in [0.25, 0.3) is 0 Å². The van der Waals surface area contributed by atoms with E-state index < -0.39 is 5.92 Å². The van der Waals surface area contributed by atoms with Crippen molar-refractivity contribution in [3.8, 4) is 5.75 Å². The topological polar surface area (TPSA) is 58.6 Å². The number of rotatable bonds is 3. The molecule has 2 aliphatic rings. The number of anilines is 1. The van der Waals surface area contributed by atoms with Gasteiger partial charge < -0.3 is 15.0 Å². The fourth-order valence-corrected chi connectivity index (χ4v) is 4.72. The fourth-order valence-electron chi connectivity index (χ4n) is 4.72. The molecule has 150 valence electrons. The summed E-state index contributed by atoms with van der Waals surface area (Å²) in [6.45, 7) is 0.604. The molecule has 5 nitrogen and oxygen atoms in total. The highest BCUT2D eigenvalue weighted by Crippen LogP contribution is 2.46. The van der Waals surface area contributed by atoms with Gasteiger partial charge in [-0.05, 0) is 41.3 Å². The quantitative estimate of drug-likeness (QED) is 0.720. The molecule has 0 fully saturated rings. The summed E-state index contributed by atoms with van der Waals surface area (Å²) in [4.78, 5) is 28.8. The maximum Gasteiger partial charge on any atom is 0.254 e. The van der Waals surface area contributed by atoms with E-state index in [0.29, 0.717) is 23.5 Å². The van der Waals surface area contributed by atoms with E-state index in [0.717, 1.165) is 17.5 Å². The highest BCUT2D eigenvalue weighted by Gasteiger charge is 2.46. The lowest BCUT2D eigenvalue weighted by atomic mass is 9.76. The molecule has 0 spiro atoms. The Bertz CT molecular complexity index is 1140. The summed E-state index contributed by atoms with van der Waals surface area (Å²) < 4.78 is 5.40. The third kappa shape index (κ3) is 2.86. The number of methoxy groups -OCH3 is 1. The second kappa shape index (κ2) is 7.34. The minimum absolute atomic E-state index is 0.00792.